The SMILES string of the molecule is CCc1ccc(NC(=S)NCCSCc2cccc(Cl)c2)cc1. The third-order valence-corrected chi connectivity index (χ3v) is 4.82. The number of benzene rings is 2. The molecule has 2 aromatic carbocycles. The summed E-state index contributed by atoms with van der Waals surface area (Å²) in [5.74, 6) is 1.95. The first-order valence-electron chi connectivity index (χ1n) is 7.63. The molecule has 2 aromatic rings. The van der Waals surface area contributed by atoms with Crippen LogP contribution >= 0.6 is 35.6 Å². The smallest absolute Gasteiger partial charge is 0.170 e. The second-order valence-corrected chi connectivity index (χ2v) is 7.06. The molecule has 0 fully saturated rings. The minimum Gasteiger partial charge on any atom is -0.362 e. The summed E-state index contributed by atoms with van der Waals surface area (Å²) in [5.41, 5.74) is 3.59. The summed E-state index contributed by atoms with van der Waals surface area (Å²) in [4.78, 5) is 0. The van der Waals surface area contributed by atoms with Gasteiger partial charge in [-0.25, -0.2) is 0 Å². The summed E-state index contributed by atoms with van der Waals surface area (Å²) in [6.45, 7) is 2.99. The number of hydrogen-bond acceptors (Lipinski definition) is 2. The Kier molecular flexibility index (Phi) is 7.72. The largest absolute Gasteiger partial charge is 0.362 e. The van der Waals surface area contributed by atoms with E-state index in [1.54, 1.807) is 0 Å². The lowest BCUT2D eigenvalue weighted by atomic mass is 10.1. The minimum atomic E-state index is 0.664. The van der Waals surface area contributed by atoms with Crippen molar-refractivity contribution >= 4 is 46.4 Å². The van der Waals surface area contributed by atoms with Gasteiger partial charge in [0.05, 0.1) is 0 Å². The normalized spacial score (nSPS) is 10.3. The van der Waals surface area contributed by atoms with Gasteiger partial charge in [-0.3, -0.25) is 0 Å². The molecule has 0 radical (unpaired) electrons. The Balaban J connectivity index is 1.62. The Morgan fingerprint density at radius 2 is 1.91 bits per heavy atom. The summed E-state index contributed by atoms with van der Waals surface area (Å²) in [7, 11) is 0. The maximum absolute atomic E-state index is 5.98. The summed E-state index contributed by atoms with van der Waals surface area (Å²) >= 11 is 13.1. The molecule has 0 aliphatic heterocycles. The van der Waals surface area contributed by atoms with Gasteiger partial charge in [-0.15, -0.1) is 0 Å². The predicted molar refractivity (Wildman–Crippen MR) is 108 cm³/mol. The maximum atomic E-state index is 5.98. The van der Waals surface area contributed by atoms with Crippen molar-refractivity contribution in [3.8, 4) is 0 Å². The summed E-state index contributed by atoms with van der Waals surface area (Å²) in [5, 5.41) is 7.89. The Bertz CT molecular complexity index is 629. The molecular formula is C18H21ClN2S2. The van der Waals surface area contributed by atoms with E-state index in [1.807, 2.05) is 30.0 Å². The zero-order valence-electron chi connectivity index (χ0n) is 13.1. The zero-order chi connectivity index (χ0) is 16.5. The Morgan fingerprint density at radius 1 is 1.13 bits per heavy atom. The zero-order valence-corrected chi connectivity index (χ0v) is 15.5. The van der Waals surface area contributed by atoms with Crippen LogP contribution in [0, 0.1) is 0 Å². The van der Waals surface area contributed by atoms with Crippen LogP contribution in [0.3, 0.4) is 0 Å². The van der Waals surface area contributed by atoms with Crippen molar-refractivity contribution < 1.29 is 0 Å². The molecule has 2 rings (SSSR count). The van der Waals surface area contributed by atoms with Gasteiger partial charge in [0.1, 0.15) is 0 Å². The molecule has 0 spiro atoms. The lowest BCUT2D eigenvalue weighted by Gasteiger charge is -2.11. The fourth-order valence-electron chi connectivity index (χ4n) is 2.05. The van der Waals surface area contributed by atoms with Gasteiger partial charge in [-0.05, 0) is 54.0 Å². The van der Waals surface area contributed by atoms with Crippen LogP contribution in [-0.2, 0) is 12.2 Å². The van der Waals surface area contributed by atoms with Crippen molar-refractivity contribution in [2.24, 2.45) is 0 Å². The van der Waals surface area contributed by atoms with E-state index < -0.39 is 0 Å². The quantitative estimate of drug-likeness (QED) is 0.525. The highest BCUT2D eigenvalue weighted by atomic mass is 35.5. The third-order valence-electron chi connectivity index (χ3n) is 3.31. The number of thioether (sulfide) groups is 1. The van der Waals surface area contributed by atoms with Gasteiger partial charge >= 0.3 is 0 Å². The molecule has 0 unspecified atom stereocenters. The Hall–Kier alpha value is -1.23. The highest BCUT2D eigenvalue weighted by molar-refractivity contribution is 7.98. The van der Waals surface area contributed by atoms with Crippen molar-refractivity contribution in [3.05, 3.63) is 64.7 Å². The average molecular weight is 365 g/mol. The number of nitrogens with one attached hydrogen (secondary N) is 2. The van der Waals surface area contributed by atoms with Crippen LogP contribution in [-0.4, -0.2) is 17.4 Å². The average Bonchev–Trinajstić information content (AvgIpc) is 2.55. The first-order chi connectivity index (χ1) is 11.2. The molecule has 0 bridgehead atoms. The fourth-order valence-corrected chi connectivity index (χ4v) is 3.29. The van der Waals surface area contributed by atoms with E-state index in [9.17, 15) is 0 Å². The molecule has 0 heterocycles. The monoisotopic (exact) mass is 364 g/mol. The molecule has 5 heteroatoms. The first kappa shape index (κ1) is 18.1. The summed E-state index contributed by atoms with van der Waals surface area (Å²) in [6.07, 6.45) is 1.05. The highest BCUT2D eigenvalue weighted by Gasteiger charge is 1.99. The number of thiocarbonyl (C=S) groups is 1. The standard InChI is InChI=1S/C18H21ClN2S2/c1-2-14-6-8-17(9-7-14)21-18(22)20-10-11-23-13-15-4-3-5-16(19)12-15/h3-9,12H,2,10-11,13H2,1H3,(H2,20,21,22). The topological polar surface area (TPSA) is 24.1 Å². The Morgan fingerprint density at radius 3 is 2.61 bits per heavy atom. The number of halogens is 1. The number of aryl methyl sites for hydroxylation is 1. The van der Waals surface area contributed by atoms with Gasteiger partial charge in [0.2, 0.25) is 0 Å². The third kappa shape index (κ3) is 6.81. The van der Waals surface area contributed by atoms with Gasteiger partial charge in [0.15, 0.2) is 5.11 Å². The molecule has 2 N–H and O–H groups in total. The van der Waals surface area contributed by atoms with E-state index in [-0.39, 0.29) is 0 Å². The molecular weight excluding hydrogens is 344 g/mol. The van der Waals surface area contributed by atoms with E-state index in [1.165, 1.54) is 11.1 Å². The van der Waals surface area contributed by atoms with Crippen molar-refractivity contribution in [2.45, 2.75) is 19.1 Å². The van der Waals surface area contributed by atoms with E-state index in [0.717, 1.165) is 35.2 Å². The first-order valence-corrected chi connectivity index (χ1v) is 9.57. The van der Waals surface area contributed by atoms with Gasteiger partial charge in [-0.2, -0.15) is 11.8 Å². The van der Waals surface area contributed by atoms with Crippen molar-refractivity contribution in [3.63, 3.8) is 0 Å². The van der Waals surface area contributed by atoms with E-state index >= 15 is 0 Å². The van der Waals surface area contributed by atoms with E-state index in [4.69, 9.17) is 23.8 Å². The molecule has 0 saturated carbocycles. The number of rotatable bonds is 7. The van der Waals surface area contributed by atoms with Gasteiger partial charge in [0, 0.05) is 28.8 Å². The van der Waals surface area contributed by atoms with E-state index in [0.29, 0.717) is 5.11 Å². The second kappa shape index (κ2) is 9.81. The van der Waals surface area contributed by atoms with Crippen LogP contribution in [0.4, 0.5) is 5.69 Å². The molecule has 0 aromatic heterocycles. The van der Waals surface area contributed by atoms with Crippen LogP contribution in [0.15, 0.2) is 48.5 Å². The van der Waals surface area contributed by atoms with E-state index in [2.05, 4.69) is 47.9 Å². The molecule has 0 aliphatic carbocycles. The van der Waals surface area contributed by atoms with Crippen LogP contribution in [0.2, 0.25) is 5.02 Å². The fraction of sp³-hybridized carbons (Fsp3) is 0.278. The number of hydrogen-bond donors (Lipinski definition) is 2. The van der Waals surface area contributed by atoms with Crippen molar-refractivity contribution in [2.75, 3.05) is 17.6 Å². The van der Waals surface area contributed by atoms with Crippen molar-refractivity contribution in [1.29, 1.82) is 0 Å². The molecule has 0 amide bonds. The maximum Gasteiger partial charge on any atom is 0.170 e. The summed E-state index contributed by atoms with van der Waals surface area (Å²) in [6, 6.07) is 16.3. The lowest BCUT2D eigenvalue weighted by Crippen LogP contribution is -2.30. The molecule has 2 nitrogen and oxygen atoms in total. The second-order valence-electron chi connectivity index (χ2n) is 5.11. The van der Waals surface area contributed by atoms with Crippen LogP contribution in [0.5, 0.6) is 0 Å². The van der Waals surface area contributed by atoms with Gasteiger partial charge in [-0.1, -0.05) is 42.8 Å². The molecule has 0 aliphatic rings. The van der Waals surface area contributed by atoms with Gasteiger partial charge in [0.25, 0.3) is 0 Å². The lowest BCUT2D eigenvalue weighted by molar-refractivity contribution is 0.989. The molecule has 0 saturated heterocycles. The summed E-state index contributed by atoms with van der Waals surface area (Å²) < 4.78 is 0. The highest BCUT2D eigenvalue weighted by Crippen LogP contribution is 2.16. The number of anilines is 1. The van der Waals surface area contributed by atoms with Crippen molar-refractivity contribution in [1.82, 2.24) is 5.32 Å². The predicted octanol–water partition coefficient (Wildman–Crippen LogP) is 5.12. The Labute approximate surface area is 153 Å². The molecule has 0 atom stereocenters. The van der Waals surface area contributed by atoms with Crippen LogP contribution in [0.1, 0.15) is 18.1 Å². The molecule has 23 heavy (non-hydrogen) atoms. The van der Waals surface area contributed by atoms with Crippen LogP contribution < -0.4 is 10.6 Å². The van der Waals surface area contributed by atoms with Gasteiger partial charge < -0.3 is 10.6 Å². The minimum absolute atomic E-state index is 0.664. The van der Waals surface area contributed by atoms with Crippen LogP contribution in [0.25, 0.3) is 0 Å². The molecule has 122 valence electrons.